The molecule has 0 aromatic rings. The molecule has 15 heavy (non-hydrogen) atoms. The third-order valence-corrected chi connectivity index (χ3v) is 2.16. The van der Waals surface area contributed by atoms with Crippen molar-refractivity contribution in [3.8, 4) is 0 Å². The molecule has 82 valence electrons. The maximum atomic E-state index is 11.3. The fourth-order valence-corrected chi connectivity index (χ4v) is 1.58. The monoisotopic (exact) mass is 232 g/mol. The van der Waals surface area contributed by atoms with Crippen LogP contribution in [0.15, 0.2) is 0 Å². The molecule has 0 aliphatic rings. The van der Waals surface area contributed by atoms with Gasteiger partial charge in [-0.25, -0.2) is 0 Å². The van der Waals surface area contributed by atoms with Gasteiger partial charge in [-0.05, 0) is 0 Å². The van der Waals surface area contributed by atoms with E-state index in [0.29, 0.717) is 0 Å². The minimum Gasteiger partial charge on any atom is -1.00 e. The van der Waals surface area contributed by atoms with Crippen LogP contribution in [-0.4, -0.2) is 17.9 Å². The zero-order valence-corrected chi connectivity index (χ0v) is 9.70. The Bertz CT molecular complexity index is 270. The molecule has 0 unspecified atom stereocenters. The van der Waals surface area contributed by atoms with Crippen LogP contribution in [0.25, 0.3) is 0 Å². The van der Waals surface area contributed by atoms with Gasteiger partial charge in [0.2, 0.25) is 0 Å². The van der Waals surface area contributed by atoms with Crippen LogP contribution in [0.4, 0.5) is 0 Å². The topological polar surface area (TPSA) is 96.0 Å². The van der Waals surface area contributed by atoms with E-state index in [0.717, 1.165) is 20.8 Å². The second-order valence-corrected chi connectivity index (χ2v) is 3.64. The Morgan fingerprint density at radius 1 is 0.867 bits per heavy atom. The van der Waals surface area contributed by atoms with Crippen LogP contribution in [0.3, 0.4) is 0 Å². The van der Waals surface area contributed by atoms with Crippen LogP contribution >= 0.6 is 7.82 Å². The van der Waals surface area contributed by atoms with E-state index >= 15 is 0 Å². The van der Waals surface area contributed by atoms with Crippen molar-refractivity contribution in [1.82, 2.24) is 0 Å². The van der Waals surface area contributed by atoms with E-state index < -0.39 is 25.7 Å². The number of phosphoric acid groups is 1. The molecule has 0 atom stereocenters. The van der Waals surface area contributed by atoms with Crippen LogP contribution in [0.5, 0.6) is 0 Å². The molecule has 0 saturated heterocycles. The van der Waals surface area contributed by atoms with Crippen molar-refractivity contribution < 1.29 is 52.8 Å². The average molecular weight is 232 g/mol. The van der Waals surface area contributed by atoms with Gasteiger partial charge >= 0.3 is 44.6 Å². The minimum atomic E-state index is -4.44. The third kappa shape index (κ3) is 8.25. The van der Waals surface area contributed by atoms with Gasteiger partial charge in [0.25, 0.3) is 0 Å². The summed E-state index contributed by atoms with van der Waals surface area (Å²) in [5.41, 5.74) is 0. The second-order valence-electron chi connectivity index (χ2n) is 2.20. The summed E-state index contributed by atoms with van der Waals surface area (Å²) in [6, 6.07) is 0. The SMILES string of the molecule is CC(=O)OP(=O)(OC(C)=O)OC(C)=O.[H-].[Li+]. The predicted octanol–water partition coefficient (Wildman–Crippen LogP) is -2.10. The maximum Gasteiger partial charge on any atom is 1.00 e. The molecule has 0 aromatic carbocycles. The van der Waals surface area contributed by atoms with E-state index in [4.69, 9.17) is 0 Å². The van der Waals surface area contributed by atoms with Crippen LogP contribution in [0.2, 0.25) is 0 Å². The van der Waals surface area contributed by atoms with Crippen molar-refractivity contribution in [3.63, 3.8) is 0 Å². The second kappa shape index (κ2) is 6.67. The van der Waals surface area contributed by atoms with E-state index in [1.807, 2.05) is 0 Å². The van der Waals surface area contributed by atoms with Crippen molar-refractivity contribution in [1.29, 1.82) is 0 Å². The molecule has 0 fully saturated rings. The Balaban J connectivity index is -0.000000845. The Morgan fingerprint density at radius 2 is 1.07 bits per heavy atom. The first kappa shape index (κ1) is 16.7. The van der Waals surface area contributed by atoms with Crippen LogP contribution in [-0.2, 0) is 32.5 Å². The Hall–Kier alpha value is -0.763. The summed E-state index contributed by atoms with van der Waals surface area (Å²) in [6.45, 7) is 2.79. The molecule has 0 N–H and O–H groups in total. The first-order chi connectivity index (χ1) is 6.25. The normalized spacial score (nSPS) is 9.53. The molecule has 0 amide bonds. The van der Waals surface area contributed by atoms with Gasteiger partial charge in [-0.15, -0.1) is 0 Å². The van der Waals surface area contributed by atoms with E-state index in [1.54, 1.807) is 0 Å². The fourth-order valence-electron chi connectivity index (χ4n) is 0.528. The largest absolute Gasteiger partial charge is 1.00 e. The van der Waals surface area contributed by atoms with E-state index in [9.17, 15) is 18.9 Å². The van der Waals surface area contributed by atoms with Crippen molar-refractivity contribution >= 4 is 25.7 Å². The van der Waals surface area contributed by atoms with Crippen LogP contribution in [0, 0.1) is 0 Å². The van der Waals surface area contributed by atoms with Gasteiger partial charge in [-0.1, -0.05) is 0 Å². The van der Waals surface area contributed by atoms with Gasteiger partial charge in [-0.2, -0.15) is 4.57 Å². The molecule has 0 saturated carbocycles. The maximum absolute atomic E-state index is 11.3. The van der Waals surface area contributed by atoms with Gasteiger partial charge < -0.3 is 15.0 Å². The van der Waals surface area contributed by atoms with Gasteiger partial charge in [0.15, 0.2) is 0 Å². The third-order valence-electron chi connectivity index (χ3n) is 0.721. The molecule has 7 nitrogen and oxygen atoms in total. The number of phosphoric ester groups is 1. The summed E-state index contributed by atoms with van der Waals surface area (Å²) in [6.07, 6.45) is 0. The summed E-state index contributed by atoms with van der Waals surface area (Å²) in [4.78, 5) is 31.3. The zero-order valence-electron chi connectivity index (χ0n) is 9.80. The molecule has 0 bridgehead atoms. The Morgan fingerprint density at radius 3 is 1.20 bits per heavy atom. The zero-order chi connectivity index (χ0) is 11.4. The summed E-state index contributed by atoms with van der Waals surface area (Å²) in [5, 5.41) is 0. The molecule has 9 heteroatoms. The molecular formula is C6H10LiO7P. The van der Waals surface area contributed by atoms with Gasteiger partial charge in [0, 0.05) is 20.8 Å². The summed E-state index contributed by atoms with van der Waals surface area (Å²) in [7, 11) is -4.44. The average Bonchev–Trinajstić information content (AvgIpc) is 1.76. The molecular weight excluding hydrogens is 222 g/mol. The minimum absolute atomic E-state index is 0. The van der Waals surface area contributed by atoms with Crippen molar-refractivity contribution in [3.05, 3.63) is 0 Å². The number of rotatable bonds is 3. The van der Waals surface area contributed by atoms with Gasteiger partial charge in [0.1, 0.15) is 0 Å². The van der Waals surface area contributed by atoms with Gasteiger partial charge in [-0.3, -0.25) is 14.4 Å². The number of carbonyl (C=O) groups is 3. The summed E-state index contributed by atoms with van der Waals surface area (Å²) < 4.78 is 23.6. The Labute approximate surface area is 99.7 Å². The smallest absolute Gasteiger partial charge is 1.00 e. The van der Waals surface area contributed by atoms with Crippen molar-refractivity contribution in [2.45, 2.75) is 20.8 Å². The quantitative estimate of drug-likeness (QED) is 0.406. The summed E-state index contributed by atoms with van der Waals surface area (Å²) >= 11 is 0. The van der Waals surface area contributed by atoms with E-state index in [2.05, 4.69) is 13.6 Å². The van der Waals surface area contributed by atoms with E-state index in [-0.39, 0.29) is 20.3 Å². The van der Waals surface area contributed by atoms with E-state index in [1.165, 1.54) is 0 Å². The molecule has 0 spiro atoms. The molecule has 0 aliphatic heterocycles. The molecule has 0 heterocycles. The Kier molecular flexibility index (Phi) is 7.41. The first-order valence-electron chi connectivity index (χ1n) is 3.46. The molecule has 0 rings (SSSR count). The molecule has 0 aliphatic carbocycles. The fraction of sp³-hybridized carbons (Fsp3) is 0.500. The predicted molar refractivity (Wildman–Crippen MR) is 44.0 cm³/mol. The first-order valence-corrected chi connectivity index (χ1v) is 4.92. The van der Waals surface area contributed by atoms with Crippen LogP contribution < -0.4 is 18.9 Å². The van der Waals surface area contributed by atoms with Gasteiger partial charge in [0.05, 0.1) is 0 Å². The van der Waals surface area contributed by atoms with Crippen molar-refractivity contribution in [2.75, 3.05) is 0 Å². The standard InChI is InChI=1S/C6H9O7P.Li.H/c1-4(7)11-14(10,12-5(2)8)13-6(3)9;;/h1-3H3;;/q;+1;-1. The number of carbonyl (C=O) groups excluding carboxylic acids is 3. The van der Waals surface area contributed by atoms with Crippen molar-refractivity contribution in [2.24, 2.45) is 0 Å². The molecule has 0 aromatic heterocycles. The summed E-state index contributed by atoms with van der Waals surface area (Å²) in [5.74, 6) is -2.97. The number of hydrogen-bond acceptors (Lipinski definition) is 7. The number of hydrogen-bond donors (Lipinski definition) is 0. The molecule has 0 radical (unpaired) electrons. The van der Waals surface area contributed by atoms with Crippen LogP contribution in [0.1, 0.15) is 22.2 Å².